The highest BCUT2D eigenvalue weighted by Gasteiger charge is 2.19. The molecule has 0 aliphatic carbocycles. The molecule has 2 unspecified atom stereocenters. The number of rotatable bonds is 23. The Balaban J connectivity index is 3.86. The molecule has 6 nitrogen and oxygen atoms in total. The van der Waals surface area contributed by atoms with E-state index in [0.717, 1.165) is 32.1 Å². The molecule has 190 valence electrons. The minimum absolute atomic E-state index is 0.117. The van der Waals surface area contributed by atoms with E-state index in [1.54, 1.807) is 6.92 Å². The average molecular weight is 458 g/mol. The molecule has 0 fully saturated rings. The number of carbonyl (C=O) groups excluding carboxylic acids is 2. The van der Waals surface area contributed by atoms with Gasteiger partial charge in [-0.2, -0.15) is 0 Å². The van der Waals surface area contributed by atoms with Crippen LogP contribution in [-0.2, 0) is 19.1 Å². The molecule has 32 heavy (non-hydrogen) atoms. The molecular formula is C26H51NO5. The number of amides is 1. The Labute approximate surface area is 197 Å². The number of esters is 1. The number of nitrogens with one attached hydrogen (secondary N) is 1. The van der Waals surface area contributed by atoms with Crippen molar-refractivity contribution in [1.29, 1.82) is 0 Å². The number of aliphatic hydroxyl groups is 1. The van der Waals surface area contributed by atoms with E-state index >= 15 is 0 Å². The average Bonchev–Trinajstić information content (AvgIpc) is 2.78. The highest BCUT2D eigenvalue weighted by molar-refractivity contribution is 5.80. The number of aliphatic hydroxyl groups excluding tert-OH is 1. The molecule has 0 aromatic carbocycles. The smallest absolute Gasteiger partial charge is 0.332 e. The van der Waals surface area contributed by atoms with Crippen LogP contribution in [0.4, 0.5) is 0 Å². The van der Waals surface area contributed by atoms with E-state index in [2.05, 4.69) is 19.2 Å². The summed E-state index contributed by atoms with van der Waals surface area (Å²) in [4.78, 5) is 23.7. The standard InChI is InChI=1S/C26H51NO5/c1-4-7-9-10-11-12-13-14-15-16-17-18-20-24(28)26(30)27-23(19-8-5-2)21-31-22-25(29)32-6-3/h23-24,28H,4-22H2,1-3H3,(H,27,30). The van der Waals surface area contributed by atoms with Gasteiger partial charge in [0.05, 0.1) is 19.3 Å². The molecule has 1 amide bonds. The van der Waals surface area contributed by atoms with Crippen LogP contribution in [0.3, 0.4) is 0 Å². The van der Waals surface area contributed by atoms with E-state index in [-0.39, 0.29) is 25.2 Å². The summed E-state index contributed by atoms with van der Waals surface area (Å²) in [6, 6.07) is -0.200. The molecule has 0 spiro atoms. The van der Waals surface area contributed by atoms with E-state index in [1.807, 2.05) is 0 Å². The molecule has 0 saturated heterocycles. The maximum atomic E-state index is 12.3. The molecule has 0 radical (unpaired) electrons. The molecule has 0 aromatic heterocycles. The Hall–Kier alpha value is -1.14. The van der Waals surface area contributed by atoms with Crippen molar-refractivity contribution in [3.63, 3.8) is 0 Å². The molecule has 0 bridgehead atoms. The van der Waals surface area contributed by atoms with Crippen molar-refractivity contribution < 1.29 is 24.2 Å². The Kier molecular flexibility index (Phi) is 22.2. The molecule has 0 aromatic rings. The third kappa shape index (κ3) is 19.5. The van der Waals surface area contributed by atoms with Crippen molar-refractivity contribution in [2.24, 2.45) is 0 Å². The Morgan fingerprint density at radius 2 is 1.28 bits per heavy atom. The van der Waals surface area contributed by atoms with E-state index in [4.69, 9.17) is 9.47 Å². The molecule has 0 rings (SSSR count). The predicted octanol–water partition coefficient (Wildman–Crippen LogP) is 5.69. The first-order valence-electron chi connectivity index (χ1n) is 13.3. The summed E-state index contributed by atoms with van der Waals surface area (Å²) < 4.78 is 10.2. The summed E-state index contributed by atoms with van der Waals surface area (Å²) in [6.45, 7) is 6.54. The van der Waals surface area contributed by atoms with Crippen molar-refractivity contribution >= 4 is 11.9 Å². The molecule has 0 heterocycles. The maximum absolute atomic E-state index is 12.3. The van der Waals surface area contributed by atoms with Gasteiger partial charge in [-0.05, 0) is 19.8 Å². The minimum Gasteiger partial charge on any atom is -0.464 e. The zero-order valence-corrected chi connectivity index (χ0v) is 21.2. The molecule has 0 aliphatic heterocycles. The first-order chi connectivity index (χ1) is 15.5. The lowest BCUT2D eigenvalue weighted by molar-refractivity contribution is -0.148. The lowest BCUT2D eigenvalue weighted by atomic mass is 10.0. The van der Waals surface area contributed by atoms with Crippen molar-refractivity contribution in [3.05, 3.63) is 0 Å². The SMILES string of the molecule is CCCCCCCCCCCCCCC(O)C(=O)NC(CCCC)COCC(=O)OCC. The summed E-state index contributed by atoms with van der Waals surface area (Å²) >= 11 is 0. The predicted molar refractivity (Wildman–Crippen MR) is 131 cm³/mol. The van der Waals surface area contributed by atoms with Gasteiger partial charge in [-0.3, -0.25) is 4.79 Å². The molecular weight excluding hydrogens is 406 g/mol. The second-order valence-corrected chi connectivity index (χ2v) is 8.86. The van der Waals surface area contributed by atoms with Crippen molar-refractivity contribution in [2.45, 2.75) is 136 Å². The fourth-order valence-corrected chi connectivity index (χ4v) is 3.74. The largest absolute Gasteiger partial charge is 0.464 e. The van der Waals surface area contributed by atoms with Gasteiger partial charge in [0.25, 0.3) is 0 Å². The second-order valence-electron chi connectivity index (χ2n) is 8.86. The van der Waals surface area contributed by atoms with Crippen LogP contribution in [0.15, 0.2) is 0 Å². The van der Waals surface area contributed by atoms with Gasteiger partial charge in [0.1, 0.15) is 12.7 Å². The fraction of sp³-hybridized carbons (Fsp3) is 0.923. The number of hydrogen-bond donors (Lipinski definition) is 2. The van der Waals surface area contributed by atoms with Crippen LogP contribution in [0, 0.1) is 0 Å². The quantitative estimate of drug-likeness (QED) is 0.152. The molecule has 0 aliphatic rings. The third-order valence-corrected chi connectivity index (χ3v) is 5.73. The lowest BCUT2D eigenvalue weighted by Crippen LogP contribution is -2.44. The first-order valence-corrected chi connectivity index (χ1v) is 13.3. The summed E-state index contributed by atoms with van der Waals surface area (Å²) in [6.07, 6.45) is 17.3. The normalized spacial score (nSPS) is 13.0. The molecule has 0 saturated carbocycles. The lowest BCUT2D eigenvalue weighted by Gasteiger charge is -2.20. The zero-order valence-electron chi connectivity index (χ0n) is 21.2. The summed E-state index contributed by atoms with van der Waals surface area (Å²) in [5.41, 5.74) is 0. The topological polar surface area (TPSA) is 84.9 Å². The fourth-order valence-electron chi connectivity index (χ4n) is 3.74. The maximum Gasteiger partial charge on any atom is 0.332 e. The van der Waals surface area contributed by atoms with Crippen LogP contribution in [-0.4, -0.2) is 48.9 Å². The number of hydrogen-bond acceptors (Lipinski definition) is 5. The van der Waals surface area contributed by atoms with Crippen LogP contribution in [0.25, 0.3) is 0 Å². The van der Waals surface area contributed by atoms with Gasteiger partial charge in [0.2, 0.25) is 5.91 Å². The number of unbranched alkanes of at least 4 members (excludes halogenated alkanes) is 12. The summed E-state index contributed by atoms with van der Waals surface area (Å²) in [5.74, 6) is -0.742. The highest BCUT2D eigenvalue weighted by Crippen LogP contribution is 2.13. The van der Waals surface area contributed by atoms with E-state index in [1.165, 1.54) is 64.2 Å². The number of carbonyl (C=O) groups is 2. The van der Waals surface area contributed by atoms with Gasteiger partial charge in [-0.1, -0.05) is 104 Å². The molecule has 2 N–H and O–H groups in total. The third-order valence-electron chi connectivity index (χ3n) is 5.73. The van der Waals surface area contributed by atoms with E-state index in [0.29, 0.717) is 13.0 Å². The van der Waals surface area contributed by atoms with Gasteiger partial charge >= 0.3 is 5.97 Å². The van der Waals surface area contributed by atoms with Crippen molar-refractivity contribution in [3.8, 4) is 0 Å². The molecule has 2 atom stereocenters. The first kappa shape index (κ1) is 30.9. The Morgan fingerprint density at radius 3 is 1.81 bits per heavy atom. The van der Waals surface area contributed by atoms with Crippen LogP contribution < -0.4 is 5.32 Å². The van der Waals surface area contributed by atoms with E-state index < -0.39 is 12.1 Å². The molecule has 6 heteroatoms. The number of ether oxygens (including phenoxy) is 2. The highest BCUT2D eigenvalue weighted by atomic mass is 16.6. The van der Waals surface area contributed by atoms with Gasteiger partial charge in [-0.15, -0.1) is 0 Å². The monoisotopic (exact) mass is 457 g/mol. The Bertz CT molecular complexity index is 444. The van der Waals surface area contributed by atoms with Gasteiger partial charge < -0.3 is 19.9 Å². The van der Waals surface area contributed by atoms with Gasteiger partial charge in [0, 0.05) is 0 Å². The van der Waals surface area contributed by atoms with Crippen LogP contribution >= 0.6 is 0 Å². The summed E-state index contributed by atoms with van der Waals surface area (Å²) in [7, 11) is 0. The Morgan fingerprint density at radius 1 is 0.750 bits per heavy atom. The minimum atomic E-state index is -0.979. The van der Waals surface area contributed by atoms with Crippen LogP contribution in [0.5, 0.6) is 0 Å². The van der Waals surface area contributed by atoms with E-state index in [9.17, 15) is 14.7 Å². The van der Waals surface area contributed by atoms with Gasteiger partial charge in [-0.25, -0.2) is 4.79 Å². The van der Waals surface area contributed by atoms with Crippen LogP contribution in [0.1, 0.15) is 124 Å². The zero-order chi connectivity index (χ0) is 23.9. The van der Waals surface area contributed by atoms with Gasteiger partial charge in [0.15, 0.2) is 0 Å². The second kappa shape index (κ2) is 23.0. The van der Waals surface area contributed by atoms with Crippen molar-refractivity contribution in [2.75, 3.05) is 19.8 Å². The van der Waals surface area contributed by atoms with Crippen LogP contribution in [0.2, 0.25) is 0 Å². The van der Waals surface area contributed by atoms with Crippen molar-refractivity contribution in [1.82, 2.24) is 5.32 Å². The summed E-state index contributed by atoms with van der Waals surface area (Å²) in [5, 5.41) is 13.1.